The molecule has 1 aromatic rings. The van der Waals surface area contributed by atoms with Crippen LogP contribution < -0.4 is 5.32 Å². The Labute approximate surface area is 111 Å². The molecule has 1 unspecified atom stereocenters. The summed E-state index contributed by atoms with van der Waals surface area (Å²) in [7, 11) is 1.43. The highest BCUT2D eigenvalue weighted by Gasteiger charge is 2.16. The highest BCUT2D eigenvalue weighted by atomic mass is 32.2. The molecule has 5 heteroatoms. The number of nitrogens with one attached hydrogen (secondary N) is 1. The molecule has 0 bridgehead atoms. The Bertz CT molecular complexity index is 314. The second-order valence-electron chi connectivity index (χ2n) is 3.65. The van der Waals surface area contributed by atoms with Crippen LogP contribution in [0.4, 0.5) is 0 Å². The lowest BCUT2D eigenvalue weighted by molar-refractivity contribution is -0.141. The second kappa shape index (κ2) is 8.55. The third-order valence-electron chi connectivity index (χ3n) is 2.40. The monoisotopic (exact) mass is 273 g/mol. The molecule has 0 aliphatic heterocycles. The van der Waals surface area contributed by atoms with Gasteiger partial charge < -0.3 is 10.1 Å². The third-order valence-corrected chi connectivity index (χ3v) is 4.08. The van der Waals surface area contributed by atoms with E-state index in [1.807, 2.05) is 23.2 Å². The van der Waals surface area contributed by atoms with E-state index in [-0.39, 0.29) is 12.0 Å². The van der Waals surface area contributed by atoms with E-state index >= 15 is 0 Å². The zero-order valence-corrected chi connectivity index (χ0v) is 11.9. The molecule has 1 rings (SSSR count). The minimum atomic E-state index is -0.166. The topological polar surface area (TPSA) is 38.3 Å². The molecule has 0 fully saturated rings. The van der Waals surface area contributed by atoms with Crippen molar-refractivity contribution in [1.29, 1.82) is 0 Å². The van der Waals surface area contributed by atoms with Crippen LogP contribution in [0.2, 0.25) is 0 Å². The van der Waals surface area contributed by atoms with Crippen LogP contribution in [0.25, 0.3) is 0 Å². The lowest BCUT2D eigenvalue weighted by atomic mass is 10.1. The first-order chi connectivity index (χ1) is 8.27. The van der Waals surface area contributed by atoms with Crippen LogP contribution in [0.15, 0.2) is 17.5 Å². The lowest BCUT2D eigenvalue weighted by Crippen LogP contribution is -2.25. The van der Waals surface area contributed by atoms with Gasteiger partial charge in [0.25, 0.3) is 0 Å². The average Bonchev–Trinajstić information content (AvgIpc) is 2.86. The molecule has 0 aromatic carbocycles. The Morgan fingerprint density at radius 3 is 3.06 bits per heavy atom. The summed E-state index contributed by atoms with van der Waals surface area (Å²) >= 11 is 3.51. The largest absolute Gasteiger partial charge is 0.469 e. The van der Waals surface area contributed by atoms with E-state index in [1.54, 1.807) is 11.3 Å². The van der Waals surface area contributed by atoms with Gasteiger partial charge in [0, 0.05) is 4.88 Å². The number of thiophene rings is 1. The van der Waals surface area contributed by atoms with Crippen molar-refractivity contribution in [1.82, 2.24) is 5.32 Å². The molecular weight excluding hydrogens is 254 g/mol. The van der Waals surface area contributed by atoms with Gasteiger partial charge in [0.15, 0.2) is 0 Å². The minimum Gasteiger partial charge on any atom is -0.469 e. The van der Waals surface area contributed by atoms with Crippen molar-refractivity contribution >= 4 is 29.1 Å². The van der Waals surface area contributed by atoms with E-state index in [0.29, 0.717) is 6.42 Å². The van der Waals surface area contributed by atoms with Crippen LogP contribution in [0.3, 0.4) is 0 Å². The van der Waals surface area contributed by atoms with Gasteiger partial charge in [-0.3, -0.25) is 4.79 Å². The normalized spacial score (nSPS) is 12.4. The summed E-state index contributed by atoms with van der Waals surface area (Å²) in [5.74, 6) is 0.975. The standard InChI is InChI=1S/C12H19NO2S2/c1-15-12(14)9-10(11-5-3-8-17-11)13-6-4-7-16-2/h3,5,8,10,13H,4,6-7,9H2,1-2H3. The molecule has 0 aliphatic rings. The van der Waals surface area contributed by atoms with Crippen LogP contribution in [-0.2, 0) is 9.53 Å². The number of thioether (sulfide) groups is 1. The number of carbonyl (C=O) groups excluding carboxylic acids is 1. The Balaban J connectivity index is 2.45. The summed E-state index contributed by atoms with van der Waals surface area (Å²) in [6.45, 7) is 0.931. The summed E-state index contributed by atoms with van der Waals surface area (Å²) in [4.78, 5) is 12.5. The van der Waals surface area contributed by atoms with Crippen molar-refractivity contribution in [2.75, 3.05) is 25.7 Å². The van der Waals surface area contributed by atoms with Crippen molar-refractivity contribution in [2.24, 2.45) is 0 Å². The fraction of sp³-hybridized carbons (Fsp3) is 0.583. The van der Waals surface area contributed by atoms with Gasteiger partial charge >= 0.3 is 5.97 Å². The summed E-state index contributed by atoms with van der Waals surface area (Å²) in [6, 6.07) is 4.15. The fourth-order valence-corrected chi connectivity index (χ4v) is 2.74. The van der Waals surface area contributed by atoms with Gasteiger partial charge in [0.2, 0.25) is 0 Å². The minimum absolute atomic E-state index is 0.0873. The maximum absolute atomic E-state index is 11.3. The first kappa shape index (κ1) is 14.5. The number of methoxy groups -OCH3 is 1. The van der Waals surface area contributed by atoms with Crippen molar-refractivity contribution in [3.63, 3.8) is 0 Å². The van der Waals surface area contributed by atoms with Gasteiger partial charge in [-0.2, -0.15) is 11.8 Å². The number of ether oxygens (including phenoxy) is 1. The number of carbonyl (C=O) groups is 1. The molecule has 3 nitrogen and oxygen atoms in total. The van der Waals surface area contributed by atoms with Gasteiger partial charge in [-0.25, -0.2) is 0 Å². The van der Waals surface area contributed by atoms with Gasteiger partial charge in [0.05, 0.1) is 19.6 Å². The Kier molecular flexibility index (Phi) is 7.32. The first-order valence-corrected chi connectivity index (χ1v) is 7.87. The quantitative estimate of drug-likeness (QED) is 0.584. The molecule has 0 saturated carbocycles. The molecule has 1 aromatic heterocycles. The number of rotatable bonds is 8. The van der Waals surface area contributed by atoms with E-state index < -0.39 is 0 Å². The molecule has 1 N–H and O–H groups in total. The van der Waals surface area contributed by atoms with Gasteiger partial charge in [-0.15, -0.1) is 11.3 Å². The molecule has 1 atom stereocenters. The molecule has 0 amide bonds. The zero-order chi connectivity index (χ0) is 12.5. The predicted molar refractivity (Wildman–Crippen MR) is 74.7 cm³/mol. The van der Waals surface area contributed by atoms with Crippen LogP contribution in [0.1, 0.15) is 23.8 Å². The van der Waals surface area contributed by atoms with Gasteiger partial charge in [-0.1, -0.05) is 6.07 Å². The smallest absolute Gasteiger partial charge is 0.307 e. The Morgan fingerprint density at radius 2 is 2.47 bits per heavy atom. The Morgan fingerprint density at radius 1 is 1.65 bits per heavy atom. The van der Waals surface area contributed by atoms with Crippen LogP contribution in [0.5, 0.6) is 0 Å². The van der Waals surface area contributed by atoms with E-state index in [9.17, 15) is 4.79 Å². The second-order valence-corrected chi connectivity index (χ2v) is 5.61. The maximum atomic E-state index is 11.3. The Hall–Kier alpha value is -0.520. The molecule has 96 valence electrons. The van der Waals surface area contributed by atoms with Crippen LogP contribution in [-0.4, -0.2) is 31.6 Å². The summed E-state index contributed by atoms with van der Waals surface area (Å²) < 4.78 is 4.73. The van der Waals surface area contributed by atoms with E-state index in [2.05, 4.69) is 17.6 Å². The highest BCUT2D eigenvalue weighted by Crippen LogP contribution is 2.22. The molecule has 0 saturated heterocycles. The van der Waals surface area contributed by atoms with Crippen LogP contribution in [0, 0.1) is 0 Å². The average molecular weight is 273 g/mol. The maximum Gasteiger partial charge on any atom is 0.307 e. The third kappa shape index (κ3) is 5.57. The summed E-state index contributed by atoms with van der Waals surface area (Å²) in [5, 5.41) is 5.45. The van der Waals surface area contributed by atoms with Crippen molar-refractivity contribution in [3.8, 4) is 0 Å². The fourth-order valence-electron chi connectivity index (χ4n) is 1.51. The molecule has 0 spiro atoms. The van der Waals surface area contributed by atoms with E-state index in [0.717, 1.165) is 18.7 Å². The SMILES string of the molecule is COC(=O)CC(NCCCSC)c1cccs1. The molecule has 1 heterocycles. The summed E-state index contributed by atoms with van der Waals surface area (Å²) in [5.41, 5.74) is 0. The summed E-state index contributed by atoms with van der Waals surface area (Å²) in [6.07, 6.45) is 3.62. The van der Waals surface area contributed by atoms with E-state index in [1.165, 1.54) is 12.0 Å². The number of esters is 1. The lowest BCUT2D eigenvalue weighted by Gasteiger charge is -2.16. The number of hydrogen-bond acceptors (Lipinski definition) is 5. The predicted octanol–water partition coefficient (Wildman–Crippen LogP) is 2.70. The molecule has 0 radical (unpaired) electrons. The first-order valence-electron chi connectivity index (χ1n) is 5.60. The molecule has 0 aliphatic carbocycles. The zero-order valence-electron chi connectivity index (χ0n) is 10.3. The van der Waals surface area contributed by atoms with E-state index in [4.69, 9.17) is 4.74 Å². The number of hydrogen-bond donors (Lipinski definition) is 1. The van der Waals surface area contributed by atoms with Gasteiger partial charge in [0.1, 0.15) is 0 Å². The highest BCUT2D eigenvalue weighted by molar-refractivity contribution is 7.98. The van der Waals surface area contributed by atoms with Crippen molar-refractivity contribution in [3.05, 3.63) is 22.4 Å². The molecule has 17 heavy (non-hydrogen) atoms. The van der Waals surface area contributed by atoms with Crippen molar-refractivity contribution < 1.29 is 9.53 Å². The molecular formula is C12H19NO2S2. The van der Waals surface area contributed by atoms with Crippen LogP contribution >= 0.6 is 23.1 Å². The van der Waals surface area contributed by atoms with Crippen molar-refractivity contribution in [2.45, 2.75) is 18.9 Å². The van der Waals surface area contributed by atoms with Gasteiger partial charge in [-0.05, 0) is 36.4 Å².